The summed E-state index contributed by atoms with van der Waals surface area (Å²) >= 11 is 5.82. The van der Waals surface area contributed by atoms with Crippen molar-refractivity contribution in [1.29, 1.82) is 0 Å². The first kappa shape index (κ1) is 11.9. The van der Waals surface area contributed by atoms with Gasteiger partial charge in [-0.25, -0.2) is 14.3 Å². The Labute approximate surface area is 103 Å². The number of aromatic carboxylic acids is 1. The number of hydrogen-bond acceptors (Lipinski definition) is 3. The lowest BCUT2D eigenvalue weighted by Crippen LogP contribution is -2.12. The fourth-order valence-corrected chi connectivity index (χ4v) is 1.93. The molecule has 0 fully saturated rings. The molecule has 0 radical (unpaired) electrons. The maximum atomic E-state index is 11.2. The Morgan fingerprint density at radius 2 is 2.35 bits per heavy atom. The molecule has 1 N–H and O–H groups in total. The second kappa shape index (κ2) is 4.33. The number of carbonyl (C=O) groups is 1. The second-order valence-corrected chi connectivity index (χ2v) is 4.30. The Kier molecular flexibility index (Phi) is 3.02. The number of nitrogens with zero attached hydrogens (tertiary/aromatic N) is 3. The number of rotatable bonds is 3. The van der Waals surface area contributed by atoms with Crippen LogP contribution < -0.4 is 0 Å². The molecule has 5 nitrogen and oxygen atoms in total. The minimum Gasteiger partial charge on any atom is -0.478 e. The van der Waals surface area contributed by atoms with E-state index >= 15 is 0 Å². The van der Waals surface area contributed by atoms with Crippen molar-refractivity contribution >= 4 is 23.2 Å². The molecule has 2 aromatic rings. The molecule has 0 aromatic carbocycles. The zero-order valence-corrected chi connectivity index (χ0v) is 10.3. The molecule has 0 unspecified atom stereocenters. The number of fused-ring (bicyclic) bond motifs is 1. The summed E-state index contributed by atoms with van der Waals surface area (Å²) in [7, 11) is 0. The summed E-state index contributed by atoms with van der Waals surface area (Å²) in [4.78, 5) is 15.2. The van der Waals surface area contributed by atoms with Crippen molar-refractivity contribution < 1.29 is 9.90 Å². The summed E-state index contributed by atoms with van der Waals surface area (Å²) < 4.78 is 1.51. The minimum absolute atomic E-state index is 0.0718. The van der Waals surface area contributed by atoms with Gasteiger partial charge in [-0.1, -0.05) is 25.4 Å². The van der Waals surface area contributed by atoms with Crippen LogP contribution in [0.1, 0.15) is 42.2 Å². The molecule has 0 amide bonds. The van der Waals surface area contributed by atoms with E-state index in [1.54, 1.807) is 6.07 Å². The average Bonchev–Trinajstić information content (AvgIpc) is 2.66. The maximum Gasteiger partial charge on any atom is 0.339 e. The van der Waals surface area contributed by atoms with E-state index in [1.165, 1.54) is 10.7 Å². The first-order chi connectivity index (χ1) is 8.04. The van der Waals surface area contributed by atoms with Crippen molar-refractivity contribution in [3.8, 4) is 0 Å². The molecule has 6 heteroatoms. The van der Waals surface area contributed by atoms with Gasteiger partial charge in [0.05, 0.1) is 11.3 Å². The molecule has 0 spiro atoms. The molecule has 0 saturated carbocycles. The predicted molar refractivity (Wildman–Crippen MR) is 63.7 cm³/mol. The quantitative estimate of drug-likeness (QED) is 0.913. The van der Waals surface area contributed by atoms with Crippen molar-refractivity contribution in [2.75, 3.05) is 0 Å². The van der Waals surface area contributed by atoms with Gasteiger partial charge in [-0.05, 0) is 12.3 Å². The molecule has 0 saturated heterocycles. The summed E-state index contributed by atoms with van der Waals surface area (Å²) in [5, 5.41) is 13.6. The highest BCUT2D eigenvalue weighted by Crippen LogP contribution is 2.24. The van der Waals surface area contributed by atoms with E-state index in [1.807, 2.05) is 13.8 Å². The van der Waals surface area contributed by atoms with Gasteiger partial charge in [0, 0.05) is 12.3 Å². The van der Waals surface area contributed by atoms with Crippen LogP contribution in [0.3, 0.4) is 0 Å². The molecule has 2 heterocycles. The van der Waals surface area contributed by atoms with E-state index in [2.05, 4.69) is 10.1 Å². The predicted octanol–water partition coefficient (Wildman–Crippen LogP) is 2.59. The summed E-state index contributed by atoms with van der Waals surface area (Å²) in [6.45, 7) is 3.95. The van der Waals surface area contributed by atoms with Crippen LogP contribution in [-0.4, -0.2) is 25.7 Å². The Bertz CT molecular complexity index is 579. The third kappa shape index (κ3) is 1.98. The van der Waals surface area contributed by atoms with Gasteiger partial charge >= 0.3 is 5.97 Å². The minimum atomic E-state index is -0.999. The Hall–Kier alpha value is -1.62. The molecule has 2 aromatic heterocycles. The Morgan fingerprint density at radius 3 is 2.94 bits per heavy atom. The highest BCUT2D eigenvalue weighted by molar-refractivity contribution is 6.29. The fourth-order valence-electron chi connectivity index (χ4n) is 1.76. The number of carboxylic acids is 1. The Balaban J connectivity index is 2.78. The molecule has 0 aliphatic rings. The first-order valence-corrected chi connectivity index (χ1v) is 5.69. The average molecular weight is 254 g/mol. The lowest BCUT2D eigenvalue weighted by Gasteiger charge is -2.13. The van der Waals surface area contributed by atoms with Crippen LogP contribution in [0.15, 0.2) is 12.3 Å². The van der Waals surface area contributed by atoms with Crippen LogP contribution in [0, 0.1) is 0 Å². The van der Waals surface area contributed by atoms with Crippen LogP contribution >= 0.6 is 11.6 Å². The normalized spacial score (nSPS) is 12.9. The lowest BCUT2D eigenvalue weighted by atomic mass is 10.0. The van der Waals surface area contributed by atoms with Gasteiger partial charge in [0.1, 0.15) is 0 Å². The van der Waals surface area contributed by atoms with Gasteiger partial charge in [0.2, 0.25) is 0 Å². The van der Waals surface area contributed by atoms with E-state index in [0.29, 0.717) is 16.5 Å². The molecular formula is C11H12ClN3O2. The van der Waals surface area contributed by atoms with Crippen molar-refractivity contribution in [3.63, 3.8) is 0 Å². The highest BCUT2D eigenvalue weighted by atomic mass is 35.5. The number of carboxylic acid groups (broad SMARTS) is 1. The highest BCUT2D eigenvalue weighted by Gasteiger charge is 2.20. The molecule has 0 aliphatic heterocycles. The SMILES string of the molecule is CC[C@@H](C)c1c(C(=O)O)cnc2cc(Cl)nn12. The summed E-state index contributed by atoms with van der Waals surface area (Å²) in [6.07, 6.45) is 2.17. The standard InChI is InChI=1S/C11H12ClN3O2/c1-3-6(2)10-7(11(16)17)5-13-9-4-8(12)14-15(9)10/h4-6H,3H2,1-2H3,(H,16,17)/t6-/m1/s1. The van der Waals surface area contributed by atoms with Crippen LogP contribution in [0.5, 0.6) is 0 Å². The van der Waals surface area contributed by atoms with E-state index in [4.69, 9.17) is 16.7 Å². The van der Waals surface area contributed by atoms with Crippen LogP contribution in [0.2, 0.25) is 5.15 Å². The van der Waals surface area contributed by atoms with Gasteiger partial charge in [-0.3, -0.25) is 0 Å². The Morgan fingerprint density at radius 1 is 1.65 bits per heavy atom. The molecule has 90 valence electrons. The van der Waals surface area contributed by atoms with Gasteiger partial charge in [-0.2, -0.15) is 5.10 Å². The molecule has 17 heavy (non-hydrogen) atoms. The van der Waals surface area contributed by atoms with Gasteiger partial charge < -0.3 is 5.11 Å². The van der Waals surface area contributed by atoms with Crippen LogP contribution in [0.4, 0.5) is 0 Å². The van der Waals surface area contributed by atoms with Crippen molar-refractivity contribution in [1.82, 2.24) is 14.6 Å². The maximum absolute atomic E-state index is 11.2. The van der Waals surface area contributed by atoms with E-state index < -0.39 is 5.97 Å². The van der Waals surface area contributed by atoms with Crippen LogP contribution in [-0.2, 0) is 0 Å². The first-order valence-electron chi connectivity index (χ1n) is 5.32. The van der Waals surface area contributed by atoms with E-state index in [-0.39, 0.29) is 11.5 Å². The smallest absolute Gasteiger partial charge is 0.339 e. The van der Waals surface area contributed by atoms with Crippen molar-refractivity contribution in [3.05, 3.63) is 28.7 Å². The molecule has 0 aliphatic carbocycles. The van der Waals surface area contributed by atoms with Gasteiger partial charge in [0.25, 0.3) is 0 Å². The van der Waals surface area contributed by atoms with Gasteiger partial charge in [0.15, 0.2) is 10.8 Å². The molecule has 0 bridgehead atoms. The zero-order chi connectivity index (χ0) is 12.6. The monoisotopic (exact) mass is 253 g/mol. The number of hydrogen-bond donors (Lipinski definition) is 1. The lowest BCUT2D eigenvalue weighted by molar-refractivity contribution is 0.0693. The fraction of sp³-hybridized carbons (Fsp3) is 0.364. The molecule has 1 atom stereocenters. The molecular weight excluding hydrogens is 242 g/mol. The second-order valence-electron chi connectivity index (χ2n) is 3.91. The number of aromatic nitrogens is 3. The molecule has 2 rings (SSSR count). The van der Waals surface area contributed by atoms with Crippen molar-refractivity contribution in [2.45, 2.75) is 26.2 Å². The van der Waals surface area contributed by atoms with Crippen LogP contribution in [0.25, 0.3) is 5.65 Å². The summed E-state index contributed by atoms with van der Waals surface area (Å²) in [5.74, 6) is -0.927. The third-order valence-corrected chi connectivity index (χ3v) is 2.99. The zero-order valence-electron chi connectivity index (χ0n) is 9.51. The van der Waals surface area contributed by atoms with Crippen molar-refractivity contribution in [2.24, 2.45) is 0 Å². The largest absolute Gasteiger partial charge is 0.478 e. The van der Waals surface area contributed by atoms with E-state index in [9.17, 15) is 4.79 Å². The summed E-state index contributed by atoms with van der Waals surface area (Å²) in [6, 6.07) is 1.61. The third-order valence-electron chi connectivity index (χ3n) is 2.80. The number of halogens is 1. The van der Waals surface area contributed by atoms with E-state index in [0.717, 1.165) is 6.42 Å². The summed E-state index contributed by atoms with van der Waals surface area (Å²) in [5.41, 5.74) is 1.37. The van der Waals surface area contributed by atoms with Gasteiger partial charge in [-0.15, -0.1) is 0 Å². The topological polar surface area (TPSA) is 67.5 Å².